The van der Waals surface area contributed by atoms with Gasteiger partial charge in [-0.3, -0.25) is 19.4 Å². The monoisotopic (exact) mass is 434 g/mol. The van der Waals surface area contributed by atoms with Gasteiger partial charge in [0.2, 0.25) is 5.91 Å². The van der Waals surface area contributed by atoms with Crippen molar-refractivity contribution in [3.8, 4) is 0 Å². The average molecular weight is 435 g/mol. The highest BCUT2D eigenvalue weighted by Gasteiger charge is 2.56. The number of carboxylic acids is 1. The predicted molar refractivity (Wildman–Crippen MR) is 120 cm³/mol. The molecular weight excluding hydrogens is 404 g/mol. The van der Waals surface area contributed by atoms with Gasteiger partial charge in [0, 0.05) is 23.6 Å². The van der Waals surface area contributed by atoms with E-state index >= 15 is 0 Å². The minimum absolute atomic E-state index is 0.0672. The van der Waals surface area contributed by atoms with Crippen LogP contribution in [-0.2, 0) is 9.59 Å². The van der Waals surface area contributed by atoms with Crippen molar-refractivity contribution in [3.05, 3.63) is 42.1 Å². The molecule has 4 fully saturated rings. The molecule has 4 bridgehead atoms. The molecule has 0 spiro atoms. The van der Waals surface area contributed by atoms with Crippen molar-refractivity contribution in [1.82, 2.24) is 10.3 Å². The van der Waals surface area contributed by atoms with Crippen LogP contribution in [0.2, 0.25) is 0 Å². The Morgan fingerprint density at radius 2 is 1.69 bits per heavy atom. The van der Waals surface area contributed by atoms with Crippen molar-refractivity contribution in [2.45, 2.75) is 57.9 Å². The summed E-state index contributed by atoms with van der Waals surface area (Å²) in [6.07, 6.45) is 8.39. The second-order valence-electron chi connectivity index (χ2n) is 10.4. The molecular formula is C26H30N2O4. The smallest absolute Gasteiger partial charge is 0.325 e. The summed E-state index contributed by atoms with van der Waals surface area (Å²) in [7, 11) is 0. The molecule has 4 aliphatic rings. The Morgan fingerprint density at radius 1 is 1.06 bits per heavy atom. The molecule has 0 unspecified atom stereocenters. The molecule has 2 aromatic rings. The number of carbonyl (C=O) groups is 3. The van der Waals surface area contributed by atoms with Crippen LogP contribution in [0.5, 0.6) is 0 Å². The van der Waals surface area contributed by atoms with E-state index < -0.39 is 17.9 Å². The summed E-state index contributed by atoms with van der Waals surface area (Å²) in [6, 6.07) is 8.31. The van der Waals surface area contributed by atoms with Gasteiger partial charge in [-0.1, -0.05) is 18.2 Å². The van der Waals surface area contributed by atoms with Crippen molar-refractivity contribution in [2.75, 3.05) is 0 Å². The number of nitrogens with one attached hydrogen (secondary N) is 1. The summed E-state index contributed by atoms with van der Waals surface area (Å²) >= 11 is 0. The zero-order chi connectivity index (χ0) is 22.5. The maximum atomic E-state index is 13.6. The number of nitrogens with zero attached hydrogens (tertiary/aromatic N) is 1. The summed E-state index contributed by atoms with van der Waals surface area (Å²) in [5.74, 6) is -0.0249. The van der Waals surface area contributed by atoms with Gasteiger partial charge in [0.25, 0.3) is 0 Å². The molecule has 1 amide bonds. The van der Waals surface area contributed by atoms with Crippen LogP contribution in [-0.4, -0.2) is 33.8 Å². The number of carbonyl (C=O) groups excluding carboxylic acids is 2. The Balaban J connectivity index is 1.48. The molecule has 0 aliphatic heterocycles. The van der Waals surface area contributed by atoms with Gasteiger partial charge < -0.3 is 10.4 Å². The van der Waals surface area contributed by atoms with Crippen LogP contribution < -0.4 is 5.32 Å². The van der Waals surface area contributed by atoms with Gasteiger partial charge in [0.1, 0.15) is 6.04 Å². The maximum Gasteiger partial charge on any atom is 0.325 e. The maximum absolute atomic E-state index is 13.6. The van der Waals surface area contributed by atoms with Crippen molar-refractivity contribution in [2.24, 2.45) is 29.1 Å². The number of pyridine rings is 1. The molecule has 4 saturated carbocycles. The van der Waals surface area contributed by atoms with Crippen LogP contribution in [0.3, 0.4) is 0 Å². The third kappa shape index (κ3) is 3.70. The first kappa shape index (κ1) is 21.1. The molecule has 1 heterocycles. The minimum atomic E-state index is -1.06. The largest absolute Gasteiger partial charge is 0.480 e. The third-order valence-electron chi connectivity index (χ3n) is 8.21. The van der Waals surface area contributed by atoms with E-state index in [-0.39, 0.29) is 23.5 Å². The van der Waals surface area contributed by atoms with Crippen LogP contribution in [0, 0.1) is 29.1 Å². The molecule has 0 saturated heterocycles. The van der Waals surface area contributed by atoms with Crippen LogP contribution in [0.1, 0.15) is 62.2 Å². The number of hydrogen-bond donors (Lipinski definition) is 2. The molecule has 4 aliphatic carbocycles. The Hall–Kier alpha value is -2.76. The molecule has 6 nitrogen and oxygen atoms in total. The molecule has 6 heteroatoms. The molecule has 2 atom stereocenters. The summed E-state index contributed by atoms with van der Waals surface area (Å²) in [6.45, 7) is 1.48. The highest BCUT2D eigenvalue weighted by molar-refractivity contribution is 6.08. The Bertz CT molecular complexity index is 1040. The topological polar surface area (TPSA) is 96.4 Å². The standard InChI is InChI=1S/C26H30N2O4/c1-15(25(31)32)28-24(30)21(26-12-16-8-17(13-26)10-18(9-16)14-26)11-23(29)20-6-7-27-22-5-3-2-4-19(20)22/h2-7,15-18,21H,8-14H2,1H3,(H,28,30)(H,31,32)/t15-,16?,17?,18?,21+,26?/m0/s1. The second-order valence-corrected chi connectivity index (χ2v) is 10.4. The van der Waals surface area contributed by atoms with E-state index in [9.17, 15) is 19.5 Å². The molecule has 1 aromatic carbocycles. The first-order valence-corrected chi connectivity index (χ1v) is 11.7. The zero-order valence-corrected chi connectivity index (χ0v) is 18.4. The number of aromatic nitrogens is 1. The van der Waals surface area contributed by atoms with E-state index in [1.165, 1.54) is 26.2 Å². The van der Waals surface area contributed by atoms with Gasteiger partial charge in [0.05, 0.1) is 11.4 Å². The SMILES string of the molecule is C[C@H](NC(=O)[C@@H](CC(=O)c1ccnc2ccccc12)C12CC3CC(CC(C3)C1)C2)C(=O)O. The molecule has 2 N–H and O–H groups in total. The van der Waals surface area contributed by atoms with Crippen molar-refractivity contribution in [3.63, 3.8) is 0 Å². The number of ketones is 1. The normalized spacial score (nSPS) is 30.1. The summed E-state index contributed by atoms with van der Waals surface area (Å²) in [5, 5.41) is 12.8. The van der Waals surface area contributed by atoms with Crippen molar-refractivity contribution < 1.29 is 19.5 Å². The van der Waals surface area contributed by atoms with Crippen LogP contribution in [0.25, 0.3) is 10.9 Å². The Kier molecular flexibility index (Phi) is 5.26. The highest BCUT2D eigenvalue weighted by Crippen LogP contribution is 2.63. The predicted octanol–water partition coefficient (Wildman–Crippen LogP) is 4.23. The van der Waals surface area contributed by atoms with E-state index in [4.69, 9.17) is 0 Å². The molecule has 32 heavy (non-hydrogen) atoms. The summed E-state index contributed by atoms with van der Waals surface area (Å²) < 4.78 is 0. The lowest BCUT2D eigenvalue weighted by atomic mass is 9.46. The number of aliphatic carboxylic acids is 1. The first-order chi connectivity index (χ1) is 15.3. The van der Waals surface area contributed by atoms with Gasteiger partial charge in [-0.15, -0.1) is 0 Å². The van der Waals surface area contributed by atoms with Crippen molar-refractivity contribution in [1.29, 1.82) is 0 Å². The lowest BCUT2D eigenvalue weighted by molar-refractivity contribution is -0.147. The lowest BCUT2D eigenvalue weighted by Crippen LogP contribution is -2.55. The quantitative estimate of drug-likeness (QED) is 0.636. The fraction of sp³-hybridized carbons (Fsp3) is 0.538. The zero-order valence-electron chi connectivity index (χ0n) is 18.4. The Labute approximate surface area is 187 Å². The number of rotatable bonds is 7. The number of benzene rings is 1. The number of hydrogen-bond acceptors (Lipinski definition) is 4. The van der Waals surface area contributed by atoms with Crippen molar-refractivity contribution >= 4 is 28.6 Å². The van der Waals surface area contributed by atoms with Gasteiger partial charge in [-0.25, -0.2) is 0 Å². The summed E-state index contributed by atoms with van der Waals surface area (Å²) in [5.41, 5.74) is 1.15. The van der Waals surface area contributed by atoms with Crippen LogP contribution >= 0.6 is 0 Å². The van der Waals surface area contributed by atoms with E-state index in [1.807, 2.05) is 24.3 Å². The van der Waals surface area contributed by atoms with Gasteiger partial charge in [0.15, 0.2) is 5.78 Å². The van der Waals surface area contributed by atoms with E-state index in [1.54, 1.807) is 12.3 Å². The lowest BCUT2D eigenvalue weighted by Gasteiger charge is -2.59. The molecule has 0 radical (unpaired) electrons. The number of Topliss-reactive ketones (excluding diaryl/α,β-unsaturated/α-hetero) is 1. The fourth-order valence-corrected chi connectivity index (χ4v) is 7.20. The highest BCUT2D eigenvalue weighted by atomic mass is 16.4. The fourth-order valence-electron chi connectivity index (χ4n) is 7.20. The van der Waals surface area contributed by atoms with Gasteiger partial charge >= 0.3 is 5.97 Å². The van der Waals surface area contributed by atoms with Crippen LogP contribution in [0.15, 0.2) is 36.5 Å². The third-order valence-corrected chi connectivity index (χ3v) is 8.21. The number of carboxylic acid groups (broad SMARTS) is 1. The van der Waals surface area contributed by atoms with Gasteiger partial charge in [-0.2, -0.15) is 0 Å². The average Bonchev–Trinajstić information content (AvgIpc) is 2.75. The molecule has 168 valence electrons. The summed E-state index contributed by atoms with van der Waals surface area (Å²) in [4.78, 5) is 42.8. The number of fused-ring (bicyclic) bond motifs is 1. The first-order valence-electron chi connectivity index (χ1n) is 11.7. The van der Waals surface area contributed by atoms with E-state index in [0.29, 0.717) is 23.3 Å². The molecule has 6 rings (SSSR count). The molecule has 1 aromatic heterocycles. The second kappa shape index (κ2) is 7.98. The van der Waals surface area contributed by atoms with E-state index in [0.717, 1.165) is 30.2 Å². The van der Waals surface area contributed by atoms with E-state index in [2.05, 4.69) is 10.3 Å². The van der Waals surface area contributed by atoms with Gasteiger partial charge in [-0.05, 0) is 80.8 Å². The Morgan fingerprint density at radius 3 is 2.31 bits per heavy atom. The minimum Gasteiger partial charge on any atom is -0.480 e. The van der Waals surface area contributed by atoms with Crippen LogP contribution in [0.4, 0.5) is 0 Å². The number of amides is 1. The number of para-hydroxylation sites is 1.